The van der Waals surface area contributed by atoms with E-state index in [-0.39, 0.29) is 18.2 Å². The zero-order chi connectivity index (χ0) is 19.6. The molecule has 1 atom stereocenters. The quantitative estimate of drug-likeness (QED) is 0.773. The van der Waals surface area contributed by atoms with Gasteiger partial charge >= 0.3 is 5.97 Å². The normalized spacial score (nSPS) is 17.0. The highest BCUT2D eigenvalue weighted by Crippen LogP contribution is 2.17. The first-order valence-electron chi connectivity index (χ1n) is 9.31. The number of aryl methyl sites for hydroxylation is 3. The van der Waals surface area contributed by atoms with E-state index in [0.29, 0.717) is 11.6 Å². The fourth-order valence-corrected chi connectivity index (χ4v) is 3.41. The van der Waals surface area contributed by atoms with Crippen molar-refractivity contribution in [3.05, 3.63) is 40.7 Å². The van der Waals surface area contributed by atoms with Crippen LogP contribution in [-0.4, -0.2) is 51.5 Å². The van der Waals surface area contributed by atoms with Gasteiger partial charge in [0, 0.05) is 13.1 Å². The van der Waals surface area contributed by atoms with Crippen LogP contribution >= 0.6 is 0 Å². The van der Waals surface area contributed by atoms with Crippen LogP contribution < -0.4 is 0 Å². The topological polar surface area (TPSA) is 77.3 Å². The van der Waals surface area contributed by atoms with Gasteiger partial charge in [-0.05, 0) is 51.2 Å². The van der Waals surface area contributed by atoms with Crippen LogP contribution in [0.15, 0.2) is 18.2 Å². The lowest BCUT2D eigenvalue weighted by Crippen LogP contribution is -2.41. The Morgan fingerprint density at radius 1 is 1.22 bits per heavy atom. The van der Waals surface area contributed by atoms with Crippen LogP contribution in [0.3, 0.4) is 0 Å². The van der Waals surface area contributed by atoms with Gasteiger partial charge in [-0.2, -0.15) is 9.90 Å². The number of piperidine rings is 1. The number of aromatic nitrogens is 3. The number of amides is 1. The van der Waals surface area contributed by atoms with E-state index in [2.05, 4.69) is 17.1 Å². The lowest BCUT2D eigenvalue weighted by atomic mass is 10.0. The molecule has 2 aromatic rings. The highest BCUT2D eigenvalue weighted by Gasteiger charge is 2.24. The van der Waals surface area contributed by atoms with Crippen molar-refractivity contribution < 1.29 is 14.3 Å². The van der Waals surface area contributed by atoms with Crippen molar-refractivity contribution in [2.45, 2.75) is 40.5 Å². The first-order valence-corrected chi connectivity index (χ1v) is 9.31. The number of esters is 1. The molecular weight excluding hydrogens is 344 g/mol. The van der Waals surface area contributed by atoms with Gasteiger partial charge < -0.3 is 9.64 Å². The van der Waals surface area contributed by atoms with E-state index in [9.17, 15) is 9.59 Å². The summed E-state index contributed by atoms with van der Waals surface area (Å²) >= 11 is 0. The van der Waals surface area contributed by atoms with Crippen LogP contribution in [0.5, 0.6) is 0 Å². The fraction of sp³-hybridized carbons (Fsp3) is 0.500. The van der Waals surface area contributed by atoms with Crippen molar-refractivity contribution in [2.75, 3.05) is 19.7 Å². The number of carbonyl (C=O) groups is 2. The van der Waals surface area contributed by atoms with Gasteiger partial charge in [0.15, 0.2) is 12.3 Å². The van der Waals surface area contributed by atoms with Gasteiger partial charge in [0.25, 0.3) is 5.91 Å². The molecule has 144 valence electrons. The Bertz CT molecular complexity index is 859. The Morgan fingerprint density at radius 2 is 2.00 bits per heavy atom. The van der Waals surface area contributed by atoms with E-state index < -0.39 is 5.97 Å². The van der Waals surface area contributed by atoms with E-state index >= 15 is 0 Å². The molecule has 0 bridgehead atoms. The van der Waals surface area contributed by atoms with Crippen molar-refractivity contribution in [1.82, 2.24) is 19.9 Å². The molecule has 7 nitrogen and oxygen atoms in total. The summed E-state index contributed by atoms with van der Waals surface area (Å²) in [6, 6.07) is 5.92. The summed E-state index contributed by atoms with van der Waals surface area (Å²) in [5, 5.41) is 8.61. The second kappa shape index (κ2) is 7.90. The Labute approximate surface area is 159 Å². The minimum Gasteiger partial charge on any atom is -0.451 e. The molecule has 0 spiro atoms. The number of ether oxygens (including phenoxy) is 1. The van der Waals surface area contributed by atoms with Crippen LogP contribution in [0.1, 0.15) is 47.1 Å². The average molecular weight is 370 g/mol. The molecule has 27 heavy (non-hydrogen) atoms. The third-order valence-corrected chi connectivity index (χ3v) is 4.88. The predicted octanol–water partition coefficient (Wildman–Crippen LogP) is 2.61. The van der Waals surface area contributed by atoms with Crippen LogP contribution in [0, 0.1) is 26.7 Å². The lowest BCUT2D eigenvalue weighted by molar-refractivity contribution is -0.136. The number of carbonyl (C=O) groups excluding carboxylic acids is 2. The zero-order valence-corrected chi connectivity index (χ0v) is 16.4. The molecule has 0 unspecified atom stereocenters. The Hall–Kier alpha value is -2.70. The van der Waals surface area contributed by atoms with Gasteiger partial charge in [-0.1, -0.05) is 24.6 Å². The minimum atomic E-state index is -0.623. The highest BCUT2D eigenvalue weighted by atomic mass is 16.5. The molecule has 7 heteroatoms. The standard InChI is InChI=1S/C20H26N4O3/c1-13-7-8-17(15(3)10-13)24-21-16(4)19(22-24)20(26)27-12-18(25)23-9-5-6-14(2)11-23/h7-8,10,14H,5-6,9,11-12H2,1-4H3/t14-/m1/s1. The molecule has 1 aliphatic heterocycles. The van der Waals surface area contributed by atoms with Gasteiger partial charge in [0.1, 0.15) is 0 Å². The molecule has 0 radical (unpaired) electrons. The number of hydrogen-bond acceptors (Lipinski definition) is 5. The maximum absolute atomic E-state index is 12.4. The fourth-order valence-electron chi connectivity index (χ4n) is 3.41. The molecule has 3 rings (SSSR count). The first kappa shape index (κ1) is 19.1. The Kier molecular flexibility index (Phi) is 5.58. The molecule has 2 heterocycles. The SMILES string of the molecule is Cc1ccc(-n2nc(C)c(C(=O)OCC(=O)N3CCC[C@@H](C)C3)n2)c(C)c1. The number of rotatable bonds is 4. The van der Waals surface area contributed by atoms with E-state index in [0.717, 1.165) is 42.7 Å². The molecule has 0 saturated carbocycles. The summed E-state index contributed by atoms with van der Waals surface area (Å²) < 4.78 is 5.21. The maximum atomic E-state index is 12.4. The van der Waals surface area contributed by atoms with E-state index in [4.69, 9.17) is 4.74 Å². The van der Waals surface area contributed by atoms with Crippen molar-refractivity contribution in [3.63, 3.8) is 0 Å². The molecule has 1 saturated heterocycles. The van der Waals surface area contributed by atoms with Gasteiger partial charge in [-0.25, -0.2) is 4.79 Å². The molecule has 0 aliphatic carbocycles. The predicted molar refractivity (Wildman–Crippen MR) is 101 cm³/mol. The average Bonchev–Trinajstić information content (AvgIpc) is 3.01. The maximum Gasteiger partial charge on any atom is 0.361 e. The zero-order valence-electron chi connectivity index (χ0n) is 16.4. The largest absolute Gasteiger partial charge is 0.451 e. The van der Waals surface area contributed by atoms with Gasteiger partial charge in [-0.3, -0.25) is 4.79 Å². The number of hydrogen-bond donors (Lipinski definition) is 0. The molecule has 1 amide bonds. The molecule has 1 fully saturated rings. The van der Waals surface area contributed by atoms with Crippen molar-refractivity contribution in [1.29, 1.82) is 0 Å². The number of benzene rings is 1. The summed E-state index contributed by atoms with van der Waals surface area (Å²) in [6.45, 7) is 9.00. The minimum absolute atomic E-state index is 0.134. The van der Waals surface area contributed by atoms with Gasteiger partial charge in [-0.15, -0.1) is 5.10 Å². The summed E-state index contributed by atoms with van der Waals surface area (Å²) in [5.74, 6) is -0.297. The second-order valence-electron chi connectivity index (χ2n) is 7.38. The van der Waals surface area contributed by atoms with Crippen molar-refractivity contribution >= 4 is 11.9 Å². The van der Waals surface area contributed by atoms with Crippen LogP contribution in [0.4, 0.5) is 0 Å². The van der Waals surface area contributed by atoms with Gasteiger partial charge in [0.2, 0.25) is 0 Å². The first-order chi connectivity index (χ1) is 12.8. The smallest absolute Gasteiger partial charge is 0.361 e. The number of nitrogens with zero attached hydrogens (tertiary/aromatic N) is 4. The summed E-state index contributed by atoms with van der Waals surface area (Å²) in [5.41, 5.74) is 3.57. The Morgan fingerprint density at radius 3 is 2.70 bits per heavy atom. The third-order valence-electron chi connectivity index (χ3n) is 4.88. The monoisotopic (exact) mass is 370 g/mol. The van der Waals surface area contributed by atoms with E-state index in [1.165, 1.54) is 4.80 Å². The second-order valence-corrected chi connectivity index (χ2v) is 7.38. The molecule has 0 N–H and O–H groups in total. The van der Waals surface area contributed by atoms with Crippen LogP contribution in [0.2, 0.25) is 0 Å². The lowest BCUT2D eigenvalue weighted by Gasteiger charge is -2.30. The van der Waals surface area contributed by atoms with E-state index in [1.807, 2.05) is 32.0 Å². The summed E-state index contributed by atoms with van der Waals surface area (Å²) in [4.78, 5) is 27.9. The van der Waals surface area contributed by atoms with E-state index in [1.54, 1.807) is 11.8 Å². The van der Waals surface area contributed by atoms with Crippen LogP contribution in [0.25, 0.3) is 5.69 Å². The van der Waals surface area contributed by atoms with Crippen molar-refractivity contribution in [2.24, 2.45) is 5.92 Å². The molecule has 1 aromatic heterocycles. The summed E-state index contributed by atoms with van der Waals surface area (Å²) in [6.07, 6.45) is 2.12. The van der Waals surface area contributed by atoms with Crippen molar-refractivity contribution in [3.8, 4) is 5.69 Å². The summed E-state index contributed by atoms with van der Waals surface area (Å²) in [7, 11) is 0. The number of likely N-dealkylation sites (tertiary alicyclic amines) is 1. The van der Waals surface area contributed by atoms with Gasteiger partial charge in [0.05, 0.1) is 11.4 Å². The third kappa shape index (κ3) is 4.35. The van der Waals surface area contributed by atoms with Crippen LogP contribution in [-0.2, 0) is 9.53 Å². The Balaban J connectivity index is 1.67. The molecule has 1 aliphatic rings. The molecular formula is C20H26N4O3. The highest BCUT2D eigenvalue weighted by molar-refractivity contribution is 5.90. The molecule has 1 aromatic carbocycles.